The zero-order valence-corrected chi connectivity index (χ0v) is 22.1. The Morgan fingerprint density at radius 2 is 1.66 bits per heavy atom. The Labute approximate surface area is 222 Å². The molecule has 8 heteroatoms. The Kier molecular flexibility index (Phi) is 6.99. The zero-order chi connectivity index (χ0) is 27.0. The molecule has 0 unspecified atom stereocenters. The molecule has 2 aromatic carbocycles. The topological polar surface area (TPSA) is 84.7 Å². The molecule has 1 aliphatic heterocycles. The molecule has 7 nitrogen and oxygen atoms in total. The van der Waals surface area contributed by atoms with Crippen LogP contribution in [0.3, 0.4) is 0 Å². The second-order valence-corrected chi connectivity index (χ2v) is 11.4. The predicted molar refractivity (Wildman–Crippen MR) is 142 cm³/mol. The first-order valence-electron chi connectivity index (χ1n) is 13.3. The average Bonchev–Trinajstić information content (AvgIpc) is 3.28. The fourth-order valence-corrected chi connectivity index (χ4v) is 5.46. The van der Waals surface area contributed by atoms with Gasteiger partial charge in [-0.1, -0.05) is 37.1 Å². The third-order valence-electron chi connectivity index (χ3n) is 7.49. The summed E-state index contributed by atoms with van der Waals surface area (Å²) in [6.07, 6.45) is 4.90. The van der Waals surface area contributed by atoms with Crippen LogP contribution in [0.4, 0.5) is 9.18 Å². The molecule has 1 saturated heterocycles. The molecule has 3 aromatic rings. The van der Waals surface area contributed by atoms with Crippen molar-refractivity contribution >= 4 is 12.1 Å². The second-order valence-electron chi connectivity index (χ2n) is 11.4. The maximum Gasteiger partial charge on any atom is 0.410 e. The number of amides is 1. The monoisotopic (exact) mass is 519 g/mol. The van der Waals surface area contributed by atoms with Crippen molar-refractivity contribution in [3.63, 3.8) is 0 Å². The number of rotatable bonds is 5. The Morgan fingerprint density at radius 1 is 1.00 bits per heavy atom. The van der Waals surface area contributed by atoms with Crippen LogP contribution in [0.2, 0.25) is 0 Å². The summed E-state index contributed by atoms with van der Waals surface area (Å²) in [7, 11) is 0. The lowest BCUT2D eigenvalue weighted by Crippen LogP contribution is -2.50. The number of benzene rings is 2. The third-order valence-corrected chi connectivity index (χ3v) is 7.49. The van der Waals surface area contributed by atoms with Gasteiger partial charge < -0.3 is 14.7 Å². The molecule has 1 N–H and O–H groups in total. The van der Waals surface area contributed by atoms with E-state index in [9.17, 15) is 19.1 Å². The van der Waals surface area contributed by atoms with Crippen LogP contribution in [0.15, 0.2) is 54.7 Å². The molecule has 0 spiro atoms. The molecule has 2 aliphatic rings. The van der Waals surface area contributed by atoms with E-state index in [1.54, 1.807) is 21.7 Å². The molecule has 0 bridgehead atoms. The van der Waals surface area contributed by atoms with Crippen LogP contribution in [-0.4, -0.2) is 50.5 Å². The van der Waals surface area contributed by atoms with Crippen LogP contribution in [0.5, 0.6) is 0 Å². The summed E-state index contributed by atoms with van der Waals surface area (Å²) in [6, 6.07) is 14.3. The molecule has 38 heavy (non-hydrogen) atoms. The number of carbonyl (C=O) groups excluding carboxylic acids is 1. The van der Waals surface area contributed by atoms with Crippen molar-refractivity contribution in [3.8, 4) is 16.8 Å². The van der Waals surface area contributed by atoms with Crippen LogP contribution >= 0.6 is 0 Å². The van der Waals surface area contributed by atoms with Gasteiger partial charge in [0, 0.05) is 36.7 Å². The first kappa shape index (κ1) is 25.9. The highest BCUT2D eigenvalue weighted by atomic mass is 19.1. The minimum Gasteiger partial charge on any atom is -0.481 e. The average molecular weight is 520 g/mol. The van der Waals surface area contributed by atoms with E-state index >= 15 is 0 Å². The normalized spacial score (nSPS) is 20.2. The number of hydrogen-bond acceptors (Lipinski definition) is 4. The first-order valence-corrected chi connectivity index (χ1v) is 13.3. The summed E-state index contributed by atoms with van der Waals surface area (Å²) >= 11 is 0. The van der Waals surface area contributed by atoms with E-state index in [1.807, 2.05) is 39.1 Å². The van der Waals surface area contributed by atoms with Gasteiger partial charge in [0.15, 0.2) is 0 Å². The number of aromatic nitrogens is 2. The molecule has 1 amide bonds. The molecule has 1 aromatic heterocycles. The number of carbonyl (C=O) groups is 2. The minimum absolute atomic E-state index is 0.188. The highest BCUT2D eigenvalue weighted by molar-refractivity contribution is 5.74. The molecule has 1 aliphatic carbocycles. The van der Waals surface area contributed by atoms with Gasteiger partial charge in [-0.2, -0.15) is 5.10 Å². The number of ether oxygens (including phenoxy) is 1. The molecule has 2 heterocycles. The Hall–Kier alpha value is -3.68. The fourth-order valence-electron chi connectivity index (χ4n) is 5.46. The third kappa shape index (κ3) is 5.44. The van der Waals surface area contributed by atoms with E-state index in [0.29, 0.717) is 19.5 Å². The van der Waals surface area contributed by atoms with Crippen molar-refractivity contribution in [1.29, 1.82) is 0 Å². The lowest BCUT2D eigenvalue weighted by Gasteiger charge is -2.40. The fraction of sp³-hybridized carbons (Fsp3) is 0.433. The highest BCUT2D eigenvalue weighted by Gasteiger charge is 2.36. The van der Waals surface area contributed by atoms with Crippen LogP contribution < -0.4 is 0 Å². The van der Waals surface area contributed by atoms with Gasteiger partial charge in [-0.15, -0.1) is 0 Å². The standard InChI is InChI=1S/C30H34FN3O4/c1-30(2,3)38-29(37)33-16-21(17-33)19-8-10-20(11-9-19)26-18-34(23-14-12-22(31)13-15-23)32-27(26)24-6-4-5-7-25(24)28(35)36/h8-15,18,21,24-25H,4-7,16-17H2,1-3H3,(H,35,36)/t24-,25-/m1/s1. The van der Waals surface area contributed by atoms with Gasteiger partial charge in [-0.25, -0.2) is 13.9 Å². The molecule has 5 rings (SSSR count). The number of nitrogens with zero attached hydrogens (tertiary/aromatic N) is 3. The first-order chi connectivity index (χ1) is 18.1. The van der Waals surface area contributed by atoms with E-state index < -0.39 is 17.5 Å². The van der Waals surface area contributed by atoms with Gasteiger partial charge >= 0.3 is 12.1 Å². The maximum absolute atomic E-state index is 13.5. The Bertz CT molecular complexity index is 1300. The lowest BCUT2D eigenvalue weighted by molar-refractivity contribution is -0.143. The highest BCUT2D eigenvalue weighted by Crippen LogP contribution is 2.42. The molecule has 0 radical (unpaired) electrons. The van der Waals surface area contributed by atoms with Crippen molar-refractivity contribution in [2.75, 3.05) is 13.1 Å². The molecular formula is C30H34FN3O4. The second kappa shape index (κ2) is 10.2. The van der Waals surface area contributed by atoms with Crippen LogP contribution in [0, 0.1) is 11.7 Å². The molecule has 2 atom stereocenters. The number of carboxylic acids is 1. The van der Waals surface area contributed by atoms with Gasteiger partial charge in [0.25, 0.3) is 0 Å². The van der Waals surface area contributed by atoms with Gasteiger partial charge in [0.05, 0.1) is 17.3 Å². The van der Waals surface area contributed by atoms with Gasteiger partial charge in [0.2, 0.25) is 0 Å². The van der Waals surface area contributed by atoms with Crippen LogP contribution in [0.1, 0.15) is 69.5 Å². The maximum atomic E-state index is 13.5. The van der Waals surface area contributed by atoms with Gasteiger partial charge in [0.1, 0.15) is 11.4 Å². The SMILES string of the molecule is CC(C)(C)OC(=O)N1CC(c2ccc(-c3cn(-c4ccc(F)cc4)nc3[C@@H]3CCCC[C@H]3C(=O)O)cc2)C1. The number of halogens is 1. The summed E-state index contributed by atoms with van der Waals surface area (Å²) in [4.78, 5) is 26.1. The van der Waals surface area contributed by atoms with Crippen LogP contribution in [-0.2, 0) is 9.53 Å². The van der Waals surface area contributed by atoms with Gasteiger partial charge in [-0.05, 0) is 69.0 Å². The smallest absolute Gasteiger partial charge is 0.410 e. The Balaban J connectivity index is 1.41. The number of carboxylic acid groups (broad SMARTS) is 1. The van der Waals surface area contributed by atoms with Gasteiger partial charge in [-0.3, -0.25) is 4.79 Å². The summed E-state index contributed by atoms with van der Waals surface area (Å²) in [5.41, 5.74) is 3.96. The zero-order valence-electron chi connectivity index (χ0n) is 22.1. The van der Waals surface area contributed by atoms with Crippen molar-refractivity contribution in [2.45, 2.75) is 63.9 Å². The van der Waals surface area contributed by atoms with Crippen molar-refractivity contribution in [2.24, 2.45) is 5.92 Å². The molecule has 2 fully saturated rings. The quantitative estimate of drug-likeness (QED) is 0.423. The van der Waals surface area contributed by atoms with E-state index in [1.165, 1.54) is 12.1 Å². The van der Waals surface area contributed by atoms with E-state index in [0.717, 1.165) is 47.3 Å². The van der Waals surface area contributed by atoms with E-state index in [2.05, 4.69) is 12.1 Å². The van der Waals surface area contributed by atoms with Crippen molar-refractivity contribution in [1.82, 2.24) is 14.7 Å². The molecular weight excluding hydrogens is 485 g/mol. The summed E-state index contributed by atoms with van der Waals surface area (Å²) in [6.45, 7) is 6.81. The predicted octanol–water partition coefficient (Wildman–Crippen LogP) is 6.37. The lowest BCUT2D eigenvalue weighted by atomic mass is 9.76. The van der Waals surface area contributed by atoms with Crippen molar-refractivity contribution in [3.05, 3.63) is 71.8 Å². The van der Waals surface area contributed by atoms with E-state index in [4.69, 9.17) is 9.84 Å². The summed E-state index contributed by atoms with van der Waals surface area (Å²) in [5, 5.41) is 14.8. The van der Waals surface area contributed by atoms with Crippen molar-refractivity contribution < 1.29 is 23.8 Å². The summed E-state index contributed by atoms with van der Waals surface area (Å²) in [5.74, 6) is -1.53. The summed E-state index contributed by atoms with van der Waals surface area (Å²) < 4.78 is 20.7. The largest absolute Gasteiger partial charge is 0.481 e. The Morgan fingerprint density at radius 3 is 2.29 bits per heavy atom. The molecule has 200 valence electrons. The number of hydrogen-bond donors (Lipinski definition) is 1. The molecule has 1 saturated carbocycles. The number of aliphatic carboxylic acids is 1. The number of likely N-dealkylation sites (tertiary alicyclic amines) is 1. The van der Waals surface area contributed by atoms with E-state index in [-0.39, 0.29) is 23.7 Å². The van der Waals surface area contributed by atoms with Crippen LogP contribution in [0.25, 0.3) is 16.8 Å². The minimum atomic E-state index is -0.785.